The molecular weight excluding hydrogens is 259 g/mol. The van der Waals surface area contributed by atoms with Gasteiger partial charge in [-0.1, -0.05) is 90.4 Å². The van der Waals surface area contributed by atoms with Crippen molar-refractivity contribution in [2.24, 2.45) is 0 Å². The molecule has 0 aromatic rings. The van der Waals surface area contributed by atoms with Gasteiger partial charge in [0.2, 0.25) is 0 Å². The third-order valence-corrected chi connectivity index (χ3v) is 3.97. The standard InChI is InChI=1S/C16H35P.ClH/c1-2-3-4-5-6-7-8-9-10-11-12-13-14-15-16-17;/h2-17H2,1H3;1H. The largest absolute Gasteiger partial charge is 0.147 e. The van der Waals surface area contributed by atoms with E-state index in [1.807, 2.05) is 0 Å². The van der Waals surface area contributed by atoms with Crippen molar-refractivity contribution in [1.82, 2.24) is 0 Å². The summed E-state index contributed by atoms with van der Waals surface area (Å²) in [6, 6.07) is 0. The highest BCUT2D eigenvalue weighted by molar-refractivity contribution is 7.16. The van der Waals surface area contributed by atoms with E-state index in [4.69, 9.17) is 0 Å². The van der Waals surface area contributed by atoms with Crippen LogP contribution >= 0.6 is 21.6 Å². The van der Waals surface area contributed by atoms with Gasteiger partial charge in [-0.15, -0.1) is 21.6 Å². The Morgan fingerprint density at radius 1 is 0.500 bits per heavy atom. The fraction of sp³-hybridized carbons (Fsp3) is 1.00. The van der Waals surface area contributed by atoms with E-state index in [1.165, 1.54) is 96.1 Å². The van der Waals surface area contributed by atoms with Crippen LogP contribution in [0.4, 0.5) is 0 Å². The summed E-state index contributed by atoms with van der Waals surface area (Å²) in [5.41, 5.74) is 0. The van der Waals surface area contributed by atoms with Crippen molar-refractivity contribution < 1.29 is 0 Å². The summed E-state index contributed by atoms with van der Waals surface area (Å²) in [5.74, 6) is 0. The van der Waals surface area contributed by atoms with Gasteiger partial charge < -0.3 is 0 Å². The third-order valence-electron chi connectivity index (χ3n) is 3.56. The van der Waals surface area contributed by atoms with Crippen LogP contribution in [0.5, 0.6) is 0 Å². The van der Waals surface area contributed by atoms with Crippen LogP contribution in [-0.2, 0) is 0 Å². The van der Waals surface area contributed by atoms with Crippen molar-refractivity contribution in [3.05, 3.63) is 0 Å². The lowest BCUT2D eigenvalue weighted by Crippen LogP contribution is -1.83. The van der Waals surface area contributed by atoms with Crippen LogP contribution < -0.4 is 0 Å². The second-order valence-corrected chi connectivity index (χ2v) is 5.96. The minimum Gasteiger partial charge on any atom is -0.147 e. The molecule has 0 rings (SSSR count). The first-order valence-electron chi connectivity index (χ1n) is 8.12. The molecule has 0 saturated heterocycles. The van der Waals surface area contributed by atoms with Gasteiger partial charge in [-0.2, -0.15) is 0 Å². The Kier molecular flexibility index (Phi) is 23.4. The Hall–Kier alpha value is 0.720. The second kappa shape index (κ2) is 20.0. The minimum absolute atomic E-state index is 0. The van der Waals surface area contributed by atoms with E-state index < -0.39 is 0 Å². The molecule has 0 amide bonds. The zero-order valence-corrected chi connectivity index (χ0v) is 14.6. The Balaban J connectivity index is 0. The van der Waals surface area contributed by atoms with Gasteiger partial charge >= 0.3 is 0 Å². The molecule has 0 aromatic heterocycles. The van der Waals surface area contributed by atoms with Gasteiger partial charge in [-0.05, 0) is 12.6 Å². The molecule has 0 nitrogen and oxygen atoms in total. The summed E-state index contributed by atoms with van der Waals surface area (Å²) in [4.78, 5) is 0. The molecule has 0 aliphatic carbocycles. The monoisotopic (exact) mass is 294 g/mol. The van der Waals surface area contributed by atoms with E-state index in [1.54, 1.807) is 0 Å². The predicted octanol–water partition coefficient (Wildman–Crippen LogP) is 6.76. The molecule has 0 spiro atoms. The third kappa shape index (κ3) is 19.1. The number of hydrogen-bond donors (Lipinski definition) is 0. The van der Waals surface area contributed by atoms with E-state index in [9.17, 15) is 0 Å². The number of hydrogen-bond acceptors (Lipinski definition) is 0. The predicted molar refractivity (Wildman–Crippen MR) is 92.1 cm³/mol. The van der Waals surface area contributed by atoms with Crippen LogP contribution in [0, 0.1) is 0 Å². The number of halogens is 1. The van der Waals surface area contributed by atoms with E-state index in [-0.39, 0.29) is 12.4 Å². The molecule has 0 saturated carbocycles. The first kappa shape index (κ1) is 21.0. The van der Waals surface area contributed by atoms with Crippen LogP contribution in [0.15, 0.2) is 0 Å². The maximum atomic E-state index is 2.82. The summed E-state index contributed by atoms with van der Waals surface area (Å²) in [5, 5.41) is 0. The van der Waals surface area contributed by atoms with Crippen molar-refractivity contribution >= 4 is 21.6 Å². The van der Waals surface area contributed by atoms with Gasteiger partial charge in [0.15, 0.2) is 0 Å². The Bertz CT molecular complexity index is 114. The van der Waals surface area contributed by atoms with Crippen LogP contribution in [-0.4, -0.2) is 6.16 Å². The quantitative estimate of drug-likeness (QED) is 0.245. The Morgan fingerprint density at radius 3 is 1.06 bits per heavy atom. The van der Waals surface area contributed by atoms with Crippen LogP contribution in [0.2, 0.25) is 0 Å². The van der Waals surface area contributed by atoms with Gasteiger partial charge in [0.05, 0.1) is 0 Å². The molecule has 1 atom stereocenters. The fourth-order valence-electron chi connectivity index (χ4n) is 2.34. The highest BCUT2D eigenvalue weighted by Gasteiger charge is 1.93. The van der Waals surface area contributed by atoms with Gasteiger partial charge in [0.1, 0.15) is 0 Å². The Labute approximate surface area is 125 Å². The van der Waals surface area contributed by atoms with Gasteiger partial charge in [-0.25, -0.2) is 0 Å². The molecule has 1 unspecified atom stereocenters. The smallest absolute Gasteiger partial charge is 0.0381 e. The highest BCUT2D eigenvalue weighted by Crippen LogP contribution is 2.12. The molecule has 0 fully saturated rings. The molecular formula is C16H36ClP. The maximum absolute atomic E-state index is 2.82. The molecule has 2 heteroatoms. The summed E-state index contributed by atoms with van der Waals surface area (Å²) >= 11 is 0. The summed E-state index contributed by atoms with van der Waals surface area (Å²) in [7, 11) is 2.82. The van der Waals surface area contributed by atoms with Crippen LogP contribution in [0.25, 0.3) is 0 Å². The van der Waals surface area contributed by atoms with Crippen LogP contribution in [0.1, 0.15) is 96.8 Å². The first-order chi connectivity index (χ1) is 8.41. The van der Waals surface area contributed by atoms with Crippen molar-refractivity contribution in [1.29, 1.82) is 0 Å². The number of unbranched alkanes of at least 4 members (excludes halogenated alkanes) is 13. The molecule has 0 aliphatic rings. The lowest BCUT2D eigenvalue weighted by Gasteiger charge is -2.02. The van der Waals surface area contributed by atoms with Gasteiger partial charge in [-0.3, -0.25) is 0 Å². The van der Waals surface area contributed by atoms with Gasteiger partial charge in [0, 0.05) is 0 Å². The molecule has 112 valence electrons. The number of rotatable bonds is 14. The van der Waals surface area contributed by atoms with E-state index >= 15 is 0 Å². The first-order valence-corrected chi connectivity index (χ1v) is 8.93. The molecule has 0 aromatic carbocycles. The van der Waals surface area contributed by atoms with E-state index in [0.717, 1.165) is 0 Å². The van der Waals surface area contributed by atoms with E-state index in [0.29, 0.717) is 0 Å². The molecule has 0 bridgehead atoms. The average Bonchev–Trinajstić information content (AvgIpc) is 2.35. The minimum atomic E-state index is 0. The lowest BCUT2D eigenvalue weighted by molar-refractivity contribution is 0.538. The molecule has 0 N–H and O–H groups in total. The van der Waals surface area contributed by atoms with Gasteiger partial charge in [0.25, 0.3) is 0 Å². The summed E-state index contributed by atoms with van der Waals surface area (Å²) in [6.45, 7) is 2.29. The van der Waals surface area contributed by atoms with Crippen LogP contribution in [0.3, 0.4) is 0 Å². The van der Waals surface area contributed by atoms with Crippen molar-refractivity contribution in [2.45, 2.75) is 96.8 Å². The van der Waals surface area contributed by atoms with E-state index in [2.05, 4.69) is 16.2 Å². The molecule has 0 heterocycles. The zero-order chi connectivity index (χ0) is 12.6. The molecule has 18 heavy (non-hydrogen) atoms. The normalized spacial score (nSPS) is 10.3. The maximum Gasteiger partial charge on any atom is -0.0381 e. The second-order valence-electron chi connectivity index (χ2n) is 5.38. The lowest BCUT2D eigenvalue weighted by atomic mass is 10.0. The topological polar surface area (TPSA) is 0 Å². The average molecular weight is 295 g/mol. The van der Waals surface area contributed by atoms with Crippen molar-refractivity contribution in [3.63, 3.8) is 0 Å². The summed E-state index contributed by atoms with van der Waals surface area (Å²) < 4.78 is 0. The Morgan fingerprint density at radius 2 is 0.778 bits per heavy atom. The van der Waals surface area contributed by atoms with Crippen molar-refractivity contribution in [3.8, 4) is 0 Å². The summed E-state index contributed by atoms with van der Waals surface area (Å²) in [6.07, 6.45) is 21.7. The van der Waals surface area contributed by atoms with Crippen molar-refractivity contribution in [2.75, 3.05) is 6.16 Å². The fourth-order valence-corrected chi connectivity index (χ4v) is 2.63. The highest BCUT2D eigenvalue weighted by atomic mass is 35.5. The zero-order valence-electron chi connectivity index (χ0n) is 12.6. The SMILES string of the molecule is CCCCCCCCCCCCCCCCP.Cl. The molecule has 0 radical (unpaired) electrons. The molecule has 0 aliphatic heterocycles.